The van der Waals surface area contributed by atoms with E-state index in [0.717, 1.165) is 19.6 Å². The van der Waals surface area contributed by atoms with Crippen LogP contribution < -0.4 is 10.6 Å². The Hall–Kier alpha value is -0.130. The molecular weight excluding hydrogens is 212 g/mol. The molecule has 1 unspecified atom stereocenters. The number of sulfone groups is 1. The second-order valence-corrected chi connectivity index (χ2v) is 6.63. The van der Waals surface area contributed by atoms with E-state index in [9.17, 15) is 8.42 Å². The molecule has 1 aliphatic heterocycles. The van der Waals surface area contributed by atoms with Crippen LogP contribution in [0.2, 0.25) is 0 Å². The highest BCUT2D eigenvalue weighted by Gasteiger charge is 2.12. The molecule has 0 saturated carbocycles. The minimum atomic E-state index is -2.80. The molecule has 0 bridgehead atoms. The van der Waals surface area contributed by atoms with Crippen molar-refractivity contribution in [1.29, 1.82) is 0 Å². The number of rotatable bonds is 6. The van der Waals surface area contributed by atoms with Crippen molar-refractivity contribution < 1.29 is 8.42 Å². The van der Waals surface area contributed by atoms with Gasteiger partial charge in [-0.05, 0) is 38.4 Å². The van der Waals surface area contributed by atoms with Gasteiger partial charge in [0.1, 0.15) is 0 Å². The zero-order chi connectivity index (χ0) is 11.1. The monoisotopic (exact) mass is 234 g/mol. The average molecular weight is 234 g/mol. The van der Waals surface area contributed by atoms with E-state index in [1.807, 2.05) is 0 Å². The molecule has 90 valence electrons. The lowest BCUT2D eigenvalue weighted by molar-refractivity contribution is 0.363. The second-order valence-electron chi connectivity index (χ2n) is 4.15. The van der Waals surface area contributed by atoms with E-state index in [1.165, 1.54) is 12.8 Å². The minimum absolute atomic E-state index is 0.250. The Morgan fingerprint density at radius 2 is 2.27 bits per heavy atom. The third-order valence-electron chi connectivity index (χ3n) is 2.86. The van der Waals surface area contributed by atoms with Crippen molar-refractivity contribution in [2.24, 2.45) is 5.92 Å². The van der Waals surface area contributed by atoms with Gasteiger partial charge in [-0.25, -0.2) is 8.42 Å². The fourth-order valence-corrected chi connectivity index (χ4v) is 2.52. The van der Waals surface area contributed by atoms with E-state index in [-0.39, 0.29) is 11.5 Å². The molecule has 1 saturated heterocycles. The molecule has 15 heavy (non-hydrogen) atoms. The normalized spacial score (nSPS) is 22.9. The van der Waals surface area contributed by atoms with Crippen LogP contribution in [0, 0.1) is 5.92 Å². The molecule has 0 aromatic rings. The Balaban J connectivity index is 2.06. The van der Waals surface area contributed by atoms with Crippen molar-refractivity contribution in [1.82, 2.24) is 10.6 Å². The summed E-state index contributed by atoms with van der Waals surface area (Å²) in [6.07, 6.45) is 2.49. The molecule has 0 spiro atoms. The third-order valence-corrected chi connectivity index (χ3v) is 4.57. The van der Waals surface area contributed by atoms with Crippen LogP contribution in [0.3, 0.4) is 0 Å². The van der Waals surface area contributed by atoms with Crippen molar-refractivity contribution in [3.63, 3.8) is 0 Å². The van der Waals surface area contributed by atoms with Crippen molar-refractivity contribution in [3.05, 3.63) is 0 Å². The number of nitrogens with one attached hydrogen (secondary N) is 2. The highest BCUT2D eigenvalue weighted by molar-refractivity contribution is 7.91. The summed E-state index contributed by atoms with van der Waals surface area (Å²) in [6.45, 7) is 5.41. The summed E-state index contributed by atoms with van der Waals surface area (Å²) in [5.41, 5.74) is 0. The van der Waals surface area contributed by atoms with Gasteiger partial charge in [-0.3, -0.25) is 0 Å². The minimum Gasteiger partial charge on any atom is -0.316 e. The first-order chi connectivity index (χ1) is 7.14. The molecule has 1 heterocycles. The van der Waals surface area contributed by atoms with E-state index in [0.29, 0.717) is 12.5 Å². The molecule has 0 aromatic carbocycles. The summed E-state index contributed by atoms with van der Waals surface area (Å²) in [4.78, 5) is 0. The van der Waals surface area contributed by atoms with Gasteiger partial charge in [0, 0.05) is 12.3 Å². The second kappa shape index (κ2) is 6.45. The van der Waals surface area contributed by atoms with Crippen LogP contribution >= 0.6 is 0 Å². The van der Waals surface area contributed by atoms with Crippen molar-refractivity contribution in [3.8, 4) is 0 Å². The lowest BCUT2D eigenvalue weighted by Crippen LogP contribution is -2.37. The van der Waals surface area contributed by atoms with E-state index < -0.39 is 9.84 Å². The maximum atomic E-state index is 11.2. The summed E-state index contributed by atoms with van der Waals surface area (Å²) in [6, 6.07) is 0. The molecule has 1 fully saturated rings. The summed E-state index contributed by atoms with van der Waals surface area (Å²) >= 11 is 0. The van der Waals surface area contributed by atoms with E-state index in [2.05, 4.69) is 10.6 Å². The molecule has 0 radical (unpaired) electrons. The molecule has 1 rings (SSSR count). The van der Waals surface area contributed by atoms with Crippen LogP contribution in [-0.2, 0) is 9.84 Å². The van der Waals surface area contributed by atoms with Crippen LogP contribution in [0.5, 0.6) is 0 Å². The lowest BCUT2D eigenvalue weighted by atomic mass is 10.00. The quantitative estimate of drug-likeness (QED) is 0.636. The summed E-state index contributed by atoms with van der Waals surface area (Å²) in [7, 11) is -2.80. The number of hydrogen-bond donors (Lipinski definition) is 2. The molecule has 2 N–H and O–H groups in total. The topological polar surface area (TPSA) is 58.2 Å². The first-order valence-electron chi connectivity index (χ1n) is 5.76. The fraction of sp³-hybridized carbons (Fsp3) is 1.00. The van der Waals surface area contributed by atoms with Crippen molar-refractivity contribution in [2.45, 2.75) is 19.8 Å². The highest BCUT2D eigenvalue weighted by Crippen LogP contribution is 2.07. The Labute approximate surface area is 92.7 Å². The molecular formula is C10H22N2O2S. The van der Waals surface area contributed by atoms with Crippen LogP contribution in [-0.4, -0.2) is 46.1 Å². The molecule has 0 aromatic heterocycles. The molecule has 0 amide bonds. The first kappa shape index (κ1) is 12.9. The standard InChI is InChI=1S/C10H22N2O2S/c1-2-15(13,14)7-6-12-9-10-4-3-5-11-8-10/h10-12H,2-9H2,1H3. The van der Waals surface area contributed by atoms with Gasteiger partial charge in [0.25, 0.3) is 0 Å². The summed E-state index contributed by atoms with van der Waals surface area (Å²) in [5.74, 6) is 1.19. The van der Waals surface area contributed by atoms with Gasteiger partial charge >= 0.3 is 0 Å². The Morgan fingerprint density at radius 3 is 2.87 bits per heavy atom. The average Bonchev–Trinajstić information content (AvgIpc) is 2.26. The van der Waals surface area contributed by atoms with Crippen LogP contribution in [0.4, 0.5) is 0 Å². The maximum Gasteiger partial charge on any atom is 0.151 e. The number of hydrogen-bond acceptors (Lipinski definition) is 4. The van der Waals surface area contributed by atoms with Crippen molar-refractivity contribution >= 4 is 9.84 Å². The van der Waals surface area contributed by atoms with Crippen LogP contribution in [0.25, 0.3) is 0 Å². The number of piperidine rings is 1. The Morgan fingerprint density at radius 1 is 1.47 bits per heavy atom. The largest absolute Gasteiger partial charge is 0.316 e. The van der Waals surface area contributed by atoms with E-state index in [4.69, 9.17) is 0 Å². The predicted octanol–water partition coefficient (Wildman–Crippen LogP) is 0.0103. The van der Waals surface area contributed by atoms with Gasteiger partial charge < -0.3 is 10.6 Å². The molecule has 1 aliphatic rings. The van der Waals surface area contributed by atoms with Gasteiger partial charge in [-0.1, -0.05) is 6.92 Å². The van der Waals surface area contributed by atoms with Crippen LogP contribution in [0.15, 0.2) is 0 Å². The van der Waals surface area contributed by atoms with Gasteiger partial charge in [0.2, 0.25) is 0 Å². The summed E-state index contributed by atoms with van der Waals surface area (Å²) in [5, 5.41) is 6.57. The smallest absolute Gasteiger partial charge is 0.151 e. The SMILES string of the molecule is CCS(=O)(=O)CCNCC1CCCNC1. The zero-order valence-electron chi connectivity index (χ0n) is 9.46. The van der Waals surface area contributed by atoms with Crippen LogP contribution in [0.1, 0.15) is 19.8 Å². The van der Waals surface area contributed by atoms with Crippen molar-refractivity contribution in [2.75, 3.05) is 37.7 Å². The third kappa shape index (κ3) is 5.49. The molecule has 4 nitrogen and oxygen atoms in total. The maximum absolute atomic E-state index is 11.2. The van der Waals surface area contributed by atoms with Gasteiger partial charge in [-0.15, -0.1) is 0 Å². The summed E-state index contributed by atoms with van der Waals surface area (Å²) < 4.78 is 22.4. The first-order valence-corrected chi connectivity index (χ1v) is 7.58. The van der Waals surface area contributed by atoms with E-state index in [1.54, 1.807) is 6.92 Å². The Bertz CT molecular complexity index is 259. The Kier molecular flexibility index (Phi) is 5.56. The molecule has 5 heteroatoms. The lowest BCUT2D eigenvalue weighted by Gasteiger charge is -2.22. The predicted molar refractivity (Wildman–Crippen MR) is 62.8 cm³/mol. The highest BCUT2D eigenvalue weighted by atomic mass is 32.2. The molecule has 0 aliphatic carbocycles. The van der Waals surface area contributed by atoms with E-state index >= 15 is 0 Å². The molecule has 1 atom stereocenters. The fourth-order valence-electron chi connectivity index (χ4n) is 1.78. The van der Waals surface area contributed by atoms with Gasteiger partial charge in [0.05, 0.1) is 5.75 Å². The van der Waals surface area contributed by atoms with Gasteiger partial charge in [0.15, 0.2) is 9.84 Å². The van der Waals surface area contributed by atoms with Gasteiger partial charge in [-0.2, -0.15) is 0 Å². The zero-order valence-corrected chi connectivity index (χ0v) is 10.3.